The highest BCUT2D eigenvalue weighted by atomic mass is 16.3. The second-order valence-corrected chi connectivity index (χ2v) is 5.30. The van der Waals surface area contributed by atoms with Crippen LogP contribution < -0.4 is 5.32 Å². The molecule has 1 saturated carbocycles. The number of aliphatic hydroxyl groups excluding tert-OH is 1. The zero-order valence-electron chi connectivity index (χ0n) is 10.5. The minimum atomic E-state index is -0.0608. The lowest BCUT2D eigenvalue weighted by molar-refractivity contribution is 0.111. The first kappa shape index (κ1) is 11.6. The smallest absolute Gasteiger partial charge is 0.0598 e. The monoisotopic (exact) mass is 244 g/mol. The summed E-state index contributed by atoms with van der Waals surface area (Å²) in [4.78, 5) is 3.28. The molecule has 1 aliphatic rings. The Balaban J connectivity index is 1.63. The summed E-state index contributed by atoms with van der Waals surface area (Å²) in [5.41, 5.74) is 2.37. The molecular weight excluding hydrogens is 224 g/mol. The molecule has 1 aromatic heterocycles. The maximum Gasteiger partial charge on any atom is 0.0598 e. The number of aromatic nitrogens is 1. The van der Waals surface area contributed by atoms with Crippen LogP contribution in [0.15, 0.2) is 30.5 Å². The van der Waals surface area contributed by atoms with E-state index in [0.717, 1.165) is 32.2 Å². The predicted octanol–water partition coefficient (Wildman–Crippen LogP) is 3.13. The van der Waals surface area contributed by atoms with E-state index >= 15 is 0 Å². The number of fused-ring (bicyclic) bond motifs is 1. The molecular formula is C15H20N2O. The maximum absolute atomic E-state index is 9.50. The van der Waals surface area contributed by atoms with Gasteiger partial charge in [-0.2, -0.15) is 0 Å². The molecule has 1 heterocycles. The fourth-order valence-corrected chi connectivity index (χ4v) is 2.82. The first-order valence-corrected chi connectivity index (χ1v) is 6.81. The van der Waals surface area contributed by atoms with E-state index in [2.05, 4.69) is 28.5 Å². The van der Waals surface area contributed by atoms with E-state index in [9.17, 15) is 5.11 Å². The van der Waals surface area contributed by atoms with Crippen molar-refractivity contribution in [2.45, 2.75) is 31.8 Å². The minimum Gasteiger partial charge on any atom is -0.393 e. The van der Waals surface area contributed by atoms with Crippen molar-refractivity contribution in [3.05, 3.63) is 30.5 Å². The van der Waals surface area contributed by atoms with Gasteiger partial charge in [-0.3, -0.25) is 0 Å². The Kier molecular flexibility index (Phi) is 3.24. The fraction of sp³-hybridized carbons (Fsp3) is 0.467. The summed E-state index contributed by atoms with van der Waals surface area (Å²) in [6.07, 6.45) is 6.17. The standard InChI is InChI=1S/C15H20N2O/c18-12-7-5-11(6-8-12)9-16-15-10-17-14-4-2-1-3-13(14)15/h1-4,10-12,16-18H,5-9H2. The summed E-state index contributed by atoms with van der Waals surface area (Å²) in [7, 11) is 0. The molecule has 0 radical (unpaired) electrons. The van der Waals surface area contributed by atoms with Gasteiger partial charge in [-0.05, 0) is 37.7 Å². The summed E-state index contributed by atoms with van der Waals surface area (Å²) in [5, 5.41) is 14.3. The van der Waals surface area contributed by atoms with E-state index in [4.69, 9.17) is 0 Å². The zero-order valence-corrected chi connectivity index (χ0v) is 10.5. The van der Waals surface area contributed by atoms with Gasteiger partial charge >= 0.3 is 0 Å². The molecule has 3 heteroatoms. The minimum absolute atomic E-state index is 0.0608. The molecule has 0 saturated heterocycles. The molecule has 2 aromatic rings. The number of hydrogen-bond donors (Lipinski definition) is 3. The molecule has 1 fully saturated rings. The largest absolute Gasteiger partial charge is 0.393 e. The number of H-pyrrole nitrogens is 1. The average molecular weight is 244 g/mol. The Hall–Kier alpha value is -1.48. The van der Waals surface area contributed by atoms with Crippen molar-refractivity contribution < 1.29 is 5.11 Å². The topological polar surface area (TPSA) is 48.0 Å². The third kappa shape index (κ3) is 2.36. The highest BCUT2D eigenvalue weighted by molar-refractivity contribution is 5.92. The van der Waals surface area contributed by atoms with Crippen LogP contribution in [0.3, 0.4) is 0 Å². The van der Waals surface area contributed by atoms with Crippen molar-refractivity contribution in [3.63, 3.8) is 0 Å². The molecule has 0 spiro atoms. The van der Waals surface area contributed by atoms with E-state index < -0.39 is 0 Å². The maximum atomic E-state index is 9.50. The van der Waals surface area contributed by atoms with Crippen molar-refractivity contribution >= 4 is 16.6 Å². The van der Waals surface area contributed by atoms with Gasteiger partial charge in [-0.15, -0.1) is 0 Å². The van der Waals surface area contributed by atoms with Crippen LogP contribution in [0.25, 0.3) is 10.9 Å². The number of rotatable bonds is 3. The number of para-hydroxylation sites is 1. The number of aromatic amines is 1. The Morgan fingerprint density at radius 3 is 2.78 bits per heavy atom. The van der Waals surface area contributed by atoms with Gasteiger partial charge in [0, 0.05) is 23.6 Å². The molecule has 0 atom stereocenters. The second-order valence-electron chi connectivity index (χ2n) is 5.30. The Morgan fingerprint density at radius 1 is 1.17 bits per heavy atom. The lowest BCUT2D eigenvalue weighted by Crippen LogP contribution is -2.23. The molecule has 0 unspecified atom stereocenters. The molecule has 3 N–H and O–H groups in total. The molecule has 0 bridgehead atoms. The molecule has 3 nitrogen and oxygen atoms in total. The van der Waals surface area contributed by atoms with Crippen molar-refractivity contribution in [2.24, 2.45) is 5.92 Å². The van der Waals surface area contributed by atoms with Crippen molar-refractivity contribution in [3.8, 4) is 0 Å². The van der Waals surface area contributed by atoms with Gasteiger partial charge in [0.1, 0.15) is 0 Å². The van der Waals surface area contributed by atoms with Crippen LogP contribution in [0.1, 0.15) is 25.7 Å². The number of anilines is 1. The highest BCUT2D eigenvalue weighted by Gasteiger charge is 2.19. The summed E-state index contributed by atoms with van der Waals surface area (Å²) >= 11 is 0. The molecule has 96 valence electrons. The zero-order chi connectivity index (χ0) is 12.4. The summed E-state index contributed by atoms with van der Waals surface area (Å²) in [6, 6.07) is 8.35. The second kappa shape index (κ2) is 5.02. The van der Waals surface area contributed by atoms with Gasteiger partial charge < -0.3 is 15.4 Å². The average Bonchev–Trinajstić information content (AvgIpc) is 2.82. The van der Waals surface area contributed by atoms with Crippen molar-refractivity contribution in [1.82, 2.24) is 4.98 Å². The summed E-state index contributed by atoms with van der Waals surface area (Å²) in [6.45, 7) is 1.01. The van der Waals surface area contributed by atoms with Crippen LogP contribution >= 0.6 is 0 Å². The summed E-state index contributed by atoms with van der Waals surface area (Å²) in [5.74, 6) is 0.696. The first-order valence-electron chi connectivity index (χ1n) is 6.81. The quantitative estimate of drug-likeness (QED) is 0.777. The Bertz CT molecular complexity index is 512. The van der Waals surface area contributed by atoms with E-state index in [1.54, 1.807) is 0 Å². The predicted molar refractivity (Wildman–Crippen MR) is 74.8 cm³/mol. The van der Waals surface area contributed by atoms with Crippen LogP contribution in [0.5, 0.6) is 0 Å². The molecule has 1 aliphatic carbocycles. The van der Waals surface area contributed by atoms with Gasteiger partial charge in [0.05, 0.1) is 11.8 Å². The SMILES string of the molecule is OC1CCC(CNc2c[nH]c3ccccc23)CC1. The van der Waals surface area contributed by atoms with Gasteiger partial charge in [0.25, 0.3) is 0 Å². The number of hydrogen-bond acceptors (Lipinski definition) is 2. The third-order valence-electron chi connectivity index (χ3n) is 3.99. The van der Waals surface area contributed by atoms with Gasteiger partial charge in [0.15, 0.2) is 0 Å². The normalized spacial score (nSPS) is 24.3. The van der Waals surface area contributed by atoms with E-state index in [1.807, 2.05) is 12.3 Å². The van der Waals surface area contributed by atoms with E-state index in [1.165, 1.54) is 16.6 Å². The number of aliphatic hydroxyl groups is 1. The Labute approximate surface area is 107 Å². The lowest BCUT2D eigenvalue weighted by atomic mass is 9.87. The number of benzene rings is 1. The fourth-order valence-electron chi connectivity index (χ4n) is 2.82. The van der Waals surface area contributed by atoms with Gasteiger partial charge in [-0.25, -0.2) is 0 Å². The Morgan fingerprint density at radius 2 is 1.94 bits per heavy atom. The van der Waals surface area contributed by atoms with E-state index in [-0.39, 0.29) is 6.10 Å². The van der Waals surface area contributed by atoms with Gasteiger partial charge in [0.2, 0.25) is 0 Å². The third-order valence-corrected chi connectivity index (χ3v) is 3.99. The van der Waals surface area contributed by atoms with Crippen LogP contribution in [0, 0.1) is 5.92 Å². The molecule has 0 amide bonds. The first-order chi connectivity index (χ1) is 8.83. The lowest BCUT2D eigenvalue weighted by Gasteiger charge is -2.25. The van der Waals surface area contributed by atoms with E-state index in [0.29, 0.717) is 5.92 Å². The molecule has 18 heavy (non-hydrogen) atoms. The molecule has 3 rings (SSSR count). The van der Waals surface area contributed by atoms with Crippen LogP contribution in [-0.2, 0) is 0 Å². The number of nitrogens with one attached hydrogen (secondary N) is 2. The van der Waals surface area contributed by atoms with Crippen LogP contribution in [-0.4, -0.2) is 22.7 Å². The van der Waals surface area contributed by atoms with Gasteiger partial charge in [-0.1, -0.05) is 18.2 Å². The summed E-state index contributed by atoms with van der Waals surface area (Å²) < 4.78 is 0. The van der Waals surface area contributed by atoms with Crippen LogP contribution in [0.2, 0.25) is 0 Å². The van der Waals surface area contributed by atoms with Crippen LogP contribution in [0.4, 0.5) is 5.69 Å². The van der Waals surface area contributed by atoms with Crippen molar-refractivity contribution in [1.29, 1.82) is 0 Å². The molecule has 0 aliphatic heterocycles. The highest BCUT2D eigenvalue weighted by Crippen LogP contribution is 2.27. The van der Waals surface area contributed by atoms with Crippen molar-refractivity contribution in [2.75, 3.05) is 11.9 Å². The molecule has 1 aromatic carbocycles.